The predicted molar refractivity (Wildman–Crippen MR) is 106 cm³/mol. The number of nitrogens with one attached hydrogen (secondary N) is 2. The molecule has 0 fully saturated rings. The summed E-state index contributed by atoms with van der Waals surface area (Å²) < 4.78 is 15.2. The Bertz CT molecular complexity index is 1010. The van der Waals surface area contributed by atoms with Crippen molar-refractivity contribution in [1.29, 1.82) is 5.26 Å². The molecule has 10 heteroatoms. The van der Waals surface area contributed by atoms with Gasteiger partial charge in [-0.1, -0.05) is 11.8 Å². The normalized spacial score (nSPS) is 10.0. The molecule has 0 radical (unpaired) electrons. The van der Waals surface area contributed by atoms with E-state index in [0.717, 1.165) is 11.8 Å². The van der Waals surface area contributed by atoms with Crippen LogP contribution in [-0.4, -0.2) is 43.4 Å². The zero-order chi connectivity index (χ0) is 21.4. The molecule has 0 spiro atoms. The van der Waals surface area contributed by atoms with Gasteiger partial charge in [0.25, 0.3) is 5.91 Å². The summed E-state index contributed by atoms with van der Waals surface area (Å²) in [6.07, 6.45) is 0. The van der Waals surface area contributed by atoms with E-state index in [1.165, 1.54) is 20.3 Å². The van der Waals surface area contributed by atoms with E-state index in [0.29, 0.717) is 22.7 Å². The number of methoxy groups -OCH3 is 2. The molecule has 1 aromatic heterocycles. The Labute approximate surface area is 171 Å². The molecule has 29 heavy (non-hydrogen) atoms. The quantitative estimate of drug-likeness (QED) is 0.491. The summed E-state index contributed by atoms with van der Waals surface area (Å²) in [5.41, 5.74) is 0.830. The van der Waals surface area contributed by atoms with Gasteiger partial charge in [-0.05, 0) is 24.6 Å². The van der Waals surface area contributed by atoms with Gasteiger partial charge in [-0.25, -0.2) is 0 Å². The summed E-state index contributed by atoms with van der Waals surface area (Å²) in [5.74, 6) is -0.430. The Morgan fingerprint density at radius 2 is 2.00 bits per heavy atom. The summed E-state index contributed by atoms with van der Waals surface area (Å²) in [5, 5.41) is 12.0. The molecule has 0 atom stereocenters. The number of thioether (sulfide) groups is 1. The predicted octanol–water partition coefficient (Wildman–Crippen LogP) is 1.85. The van der Waals surface area contributed by atoms with Gasteiger partial charge in [0.1, 0.15) is 17.6 Å². The SMILES string of the molecule is COc1ccc(NC(=O)COC(=O)CSc2[nH]c(=O)cc(C)c2C#N)c(OC)c1. The Balaban J connectivity index is 1.89. The minimum Gasteiger partial charge on any atom is -0.497 e. The molecular formula is C19H19N3O6S. The number of hydrogen-bond donors (Lipinski definition) is 2. The first-order valence-corrected chi connectivity index (χ1v) is 9.30. The maximum absolute atomic E-state index is 12.0. The summed E-state index contributed by atoms with van der Waals surface area (Å²) in [6.45, 7) is 1.14. The molecule has 0 saturated carbocycles. The van der Waals surface area contributed by atoms with Crippen LogP contribution < -0.4 is 20.3 Å². The maximum Gasteiger partial charge on any atom is 0.316 e. The van der Waals surface area contributed by atoms with Gasteiger partial charge < -0.3 is 24.5 Å². The van der Waals surface area contributed by atoms with E-state index < -0.39 is 18.5 Å². The van der Waals surface area contributed by atoms with E-state index in [2.05, 4.69) is 10.3 Å². The molecule has 2 N–H and O–H groups in total. The van der Waals surface area contributed by atoms with Crippen molar-refractivity contribution in [2.75, 3.05) is 31.9 Å². The van der Waals surface area contributed by atoms with Crippen molar-refractivity contribution in [2.24, 2.45) is 0 Å². The van der Waals surface area contributed by atoms with Gasteiger partial charge in [0.15, 0.2) is 6.61 Å². The third-order valence-corrected chi connectivity index (χ3v) is 4.67. The molecule has 152 valence electrons. The highest BCUT2D eigenvalue weighted by atomic mass is 32.2. The van der Waals surface area contributed by atoms with Crippen molar-refractivity contribution in [3.8, 4) is 17.6 Å². The van der Waals surface area contributed by atoms with Gasteiger partial charge in [-0.15, -0.1) is 0 Å². The number of carbonyl (C=O) groups excluding carboxylic acids is 2. The number of benzene rings is 1. The second kappa shape index (κ2) is 10.2. The molecule has 9 nitrogen and oxygen atoms in total. The van der Waals surface area contributed by atoms with Crippen molar-refractivity contribution in [1.82, 2.24) is 4.98 Å². The molecule has 0 saturated heterocycles. The molecule has 2 rings (SSSR count). The Kier molecular flexibility index (Phi) is 7.68. The average Bonchev–Trinajstić information content (AvgIpc) is 2.70. The van der Waals surface area contributed by atoms with Crippen LogP contribution in [0.3, 0.4) is 0 Å². The lowest BCUT2D eigenvalue weighted by Gasteiger charge is -2.12. The van der Waals surface area contributed by atoms with Crippen molar-refractivity contribution in [2.45, 2.75) is 11.9 Å². The second-order valence-electron chi connectivity index (χ2n) is 5.70. The maximum atomic E-state index is 12.0. The first kappa shape index (κ1) is 21.8. The van der Waals surface area contributed by atoms with Gasteiger partial charge in [0.2, 0.25) is 5.56 Å². The number of ether oxygens (including phenoxy) is 3. The second-order valence-corrected chi connectivity index (χ2v) is 6.68. The number of anilines is 1. The number of nitrogens with zero attached hydrogens (tertiary/aromatic N) is 1. The highest BCUT2D eigenvalue weighted by molar-refractivity contribution is 7.99. The van der Waals surface area contributed by atoms with Gasteiger partial charge >= 0.3 is 5.97 Å². The van der Waals surface area contributed by atoms with Crippen LogP contribution in [-0.2, 0) is 14.3 Å². The van der Waals surface area contributed by atoms with Crippen LogP contribution in [0.5, 0.6) is 11.5 Å². The zero-order valence-corrected chi connectivity index (χ0v) is 16.8. The number of H-pyrrole nitrogens is 1. The molecule has 1 amide bonds. The molecule has 1 aromatic carbocycles. The number of rotatable bonds is 8. The molecular weight excluding hydrogens is 398 g/mol. The zero-order valence-electron chi connectivity index (χ0n) is 16.0. The van der Waals surface area contributed by atoms with Crippen LogP contribution in [0, 0.1) is 18.3 Å². The largest absolute Gasteiger partial charge is 0.497 e. The number of carbonyl (C=O) groups is 2. The number of aryl methyl sites for hydroxylation is 1. The van der Waals surface area contributed by atoms with Crippen molar-refractivity contribution >= 4 is 29.3 Å². The summed E-state index contributed by atoms with van der Waals surface area (Å²) >= 11 is 0.956. The van der Waals surface area contributed by atoms with E-state index >= 15 is 0 Å². The number of aromatic nitrogens is 1. The Morgan fingerprint density at radius 3 is 2.66 bits per heavy atom. The molecule has 0 unspecified atom stereocenters. The molecule has 2 aromatic rings. The van der Waals surface area contributed by atoms with Gasteiger partial charge in [0.05, 0.1) is 36.2 Å². The highest BCUT2D eigenvalue weighted by Gasteiger charge is 2.14. The van der Waals surface area contributed by atoms with E-state index in [-0.39, 0.29) is 21.9 Å². The standard InChI is InChI=1S/C19H19N3O6S/c1-11-6-16(23)22-19(13(11)8-20)29-10-18(25)28-9-17(24)21-14-5-4-12(26-2)7-15(14)27-3/h4-7H,9-10H2,1-3H3,(H,21,24)(H,22,23). The smallest absolute Gasteiger partial charge is 0.316 e. The molecule has 0 aliphatic rings. The Morgan fingerprint density at radius 1 is 1.24 bits per heavy atom. The number of nitriles is 1. The number of esters is 1. The summed E-state index contributed by atoms with van der Waals surface area (Å²) in [6, 6.07) is 8.14. The third kappa shape index (κ3) is 6.02. The Hall–Kier alpha value is -3.45. The molecule has 0 bridgehead atoms. The lowest BCUT2D eigenvalue weighted by Crippen LogP contribution is -2.22. The van der Waals surface area contributed by atoms with Crippen molar-refractivity contribution < 1.29 is 23.8 Å². The fraction of sp³-hybridized carbons (Fsp3) is 0.263. The highest BCUT2D eigenvalue weighted by Crippen LogP contribution is 2.29. The first-order valence-electron chi connectivity index (χ1n) is 8.32. The number of aromatic amines is 1. The topological polar surface area (TPSA) is 131 Å². The molecule has 0 aliphatic carbocycles. The number of pyridine rings is 1. The first-order chi connectivity index (χ1) is 13.9. The third-order valence-electron chi connectivity index (χ3n) is 3.70. The van der Waals surface area contributed by atoms with Crippen LogP contribution in [0.2, 0.25) is 0 Å². The fourth-order valence-electron chi connectivity index (χ4n) is 2.31. The molecule has 0 aliphatic heterocycles. The fourth-order valence-corrected chi connectivity index (χ4v) is 3.18. The van der Waals surface area contributed by atoms with Crippen LogP contribution in [0.25, 0.3) is 0 Å². The van der Waals surface area contributed by atoms with Crippen LogP contribution in [0.1, 0.15) is 11.1 Å². The minimum atomic E-state index is -0.668. The lowest BCUT2D eigenvalue weighted by molar-refractivity contribution is -0.144. The number of hydrogen-bond acceptors (Lipinski definition) is 8. The number of amides is 1. The minimum absolute atomic E-state index is 0.173. The van der Waals surface area contributed by atoms with Crippen LogP contribution >= 0.6 is 11.8 Å². The van der Waals surface area contributed by atoms with Gasteiger partial charge in [0, 0.05) is 12.1 Å². The van der Waals surface area contributed by atoms with E-state index in [1.807, 2.05) is 6.07 Å². The molecule has 1 heterocycles. The van der Waals surface area contributed by atoms with E-state index in [9.17, 15) is 19.6 Å². The van der Waals surface area contributed by atoms with Crippen LogP contribution in [0.15, 0.2) is 34.1 Å². The monoisotopic (exact) mass is 417 g/mol. The van der Waals surface area contributed by atoms with E-state index in [1.54, 1.807) is 25.1 Å². The van der Waals surface area contributed by atoms with Gasteiger partial charge in [-0.3, -0.25) is 14.4 Å². The average molecular weight is 417 g/mol. The van der Waals surface area contributed by atoms with Gasteiger partial charge in [-0.2, -0.15) is 5.26 Å². The van der Waals surface area contributed by atoms with Crippen molar-refractivity contribution in [3.05, 3.63) is 45.7 Å². The van der Waals surface area contributed by atoms with Crippen LogP contribution in [0.4, 0.5) is 5.69 Å². The van der Waals surface area contributed by atoms with Crippen molar-refractivity contribution in [3.63, 3.8) is 0 Å². The van der Waals surface area contributed by atoms with E-state index in [4.69, 9.17) is 14.2 Å². The lowest BCUT2D eigenvalue weighted by atomic mass is 10.2. The summed E-state index contributed by atoms with van der Waals surface area (Å²) in [4.78, 5) is 38.0. The summed E-state index contributed by atoms with van der Waals surface area (Å²) in [7, 11) is 2.96.